The average molecular weight is 314 g/mol. The van der Waals surface area contributed by atoms with Crippen LogP contribution >= 0.6 is 0 Å². The molecule has 0 aliphatic carbocycles. The van der Waals surface area contributed by atoms with E-state index in [1.54, 1.807) is 6.92 Å². The summed E-state index contributed by atoms with van der Waals surface area (Å²) in [6, 6.07) is 1.88. The normalized spacial score (nSPS) is 13.3. The van der Waals surface area contributed by atoms with Crippen molar-refractivity contribution in [2.45, 2.75) is 37.7 Å². The van der Waals surface area contributed by atoms with Gasteiger partial charge in [-0.15, -0.1) is 0 Å². The van der Waals surface area contributed by atoms with Crippen molar-refractivity contribution < 1.29 is 36.2 Å². The van der Waals surface area contributed by atoms with Crippen LogP contribution in [0.15, 0.2) is 18.2 Å². The maximum Gasteiger partial charge on any atom is 0.430 e. The number of hydrogen-bond donors (Lipinski definition) is 1. The van der Waals surface area contributed by atoms with Crippen molar-refractivity contribution in [1.82, 2.24) is 0 Å². The number of halogens is 6. The van der Waals surface area contributed by atoms with Crippen LogP contribution in [-0.4, -0.2) is 23.7 Å². The van der Waals surface area contributed by atoms with Gasteiger partial charge in [0.05, 0.1) is 0 Å². The van der Waals surface area contributed by atoms with Crippen LogP contribution in [0.1, 0.15) is 34.8 Å². The van der Waals surface area contributed by atoms with E-state index in [0.717, 1.165) is 6.07 Å². The lowest BCUT2D eigenvalue weighted by atomic mass is 9.88. The molecule has 21 heavy (non-hydrogen) atoms. The Morgan fingerprint density at radius 2 is 1.62 bits per heavy atom. The largest absolute Gasteiger partial charge is 0.430 e. The smallest absolute Gasteiger partial charge is 0.369 e. The molecule has 0 radical (unpaired) electrons. The molecule has 0 fully saturated rings. The van der Waals surface area contributed by atoms with E-state index >= 15 is 0 Å². The van der Waals surface area contributed by atoms with Crippen molar-refractivity contribution in [3.8, 4) is 0 Å². The fourth-order valence-electron chi connectivity index (χ4n) is 1.92. The number of rotatable bonds is 4. The number of aryl methyl sites for hydroxylation is 1. The molecule has 0 aliphatic rings. The third kappa shape index (κ3) is 3.04. The molecule has 0 unspecified atom stereocenters. The molecular weight excluding hydrogens is 302 g/mol. The molecule has 2 nitrogen and oxygen atoms in total. The third-order valence-corrected chi connectivity index (χ3v) is 3.03. The summed E-state index contributed by atoms with van der Waals surface area (Å²) < 4.78 is 76.5. The van der Waals surface area contributed by atoms with Gasteiger partial charge in [0.15, 0.2) is 0 Å². The highest BCUT2D eigenvalue weighted by Gasteiger charge is 2.71. The van der Waals surface area contributed by atoms with E-state index in [9.17, 15) is 36.2 Å². The molecule has 0 saturated carbocycles. The zero-order valence-corrected chi connectivity index (χ0v) is 10.8. The molecule has 1 aromatic rings. The molecule has 0 aliphatic heterocycles. The summed E-state index contributed by atoms with van der Waals surface area (Å²) >= 11 is 0. The van der Waals surface area contributed by atoms with E-state index in [1.807, 2.05) is 0 Å². The molecule has 8 heteroatoms. The van der Waals surface area contributed by atoms with Gasteiger partial charge in [-0.2, -0.15) is 26.3 Å². The lowest BCUT2D eigenvalue weighted by Gasteiger charge is -2.33. The molecular formula is C13H12F6O2. The Morgan fingerprint density at radius 1 is 1.10 bits per heavy atom. The van der Waals surface area contributed by atoms with Crippen LogP contribution in [0.4, 0.5) is 26.3 Å². The second-order valence-electron chi connectivity index (χ2n) is 4.49. The monoisotopic (exact) mass is 314 g/mol. The molecule has 0 aromatic heterocycles. The first kappa shape index (κ1) is 17.5. The Hall–Kier alpha value is -1.57. The Bertz CT molecular complexity index is 504. The summed E-state index contributed by atoms with van der Waals surface area (Å²) in [5.74, 6) is 0. The zero-order chi connectivity index (χ0) is 16.5. The van der Waals surface area contributed by atoms with E-state index in [2.05, 4.69) is 0 Å². The molecule has 0 atom stereocenters. The second kappa shape index (κ2) is 5.67. The number of hydrogen-bond acceptors (Lipinski definition) is 2. The van der Waals surface area contributed by atoms with Gasteiger partial charge < -0.3 is 5.11 Å². The number of carbonyl (C=O) groups is 1. The summed E-state index contributed by atoms with van der Waals surface area (Å²) in [5, 5.41) is 9.27. The van der Waals surface area contributed by atoms with E-state index < -0.39 is 23.5 Å². The van der Waals surface area contributed by atoms with Crippen LogP contribution in [0.5, 0.6) is 0 Å². The topological polar surface area (TPSA) is 37.3 Å². The van der Waals surface area contributed by atoms with Crippen molar-refractivity contribution >= 4 is 6.29 Å². The third-order valence-electron chi connectivity index (χ3n) is 3.03. The van der Waals surface area contributed by atoms with Gasteiger partial charge in [-0.25, -0.2) is 0 Å². The molecule has 0 spiro atoms. The van der Waals surface area contributed by atoms with Gasteiger partial charge in [-0.05, 0) is 12.0 Å². The highest BCUT2D eigenvalue weighted by molar-refractivity contribution is 5.77. The first-order valence-corrected chi connectivity index (χ1v) is 5.93. The fourth-order valence-corrected chi connectivity index (χ4v) is 1.92. The van der Waals surface area contributed by atoms with E-state index in [4.69, 9.17) is 0 Å². The molecule has 0 bridgehead atoms. The van der Waals surface area contributed by atoms with Crippen molar-refractivity contribution in [2.24, 2.45) is 0 Å². The fraction of sp³-hybridized carbons (Fsp3) is 0.462. The number of aldehydes is 1. The van der Waals surface area contributed by atoms with Gasteiger partial charge in [0, 0.05) is 11.1 Å². The minimum Gasteiger partial charge on any atom is -0.369 e. The number of carbonyl (C=O) groups excluding carboxylic acids is 1. The Morgan fingerprint density at radius 3 is 2.00 bits per heavy atom. The van der Waals surface area contributed by atoms with Crippen molar-refractivity contribution in [2.75, 3.05) is 0 Å². The van der Waals surface area contributed by atoms with Crippen LogP contribution in [0, 0.1) is 0 Å². The summed E-state index contributed by atoms with van der Waals surface area (Å²) in [6.45, 7) is 1.65. The average Bonchev–Trinajstić information content (AvgIpc) is 2.35. The van der Waals surface area contributed by atoms with Gasteiger partial charge >= 0.3 is 12.4 Å². The molecule has 1 rings (SSSR count). The van der Waals surface area contributed by atoms with Gasteiger partial charge in [-0.1, -0.05) is 31.5 Å². The minimum absolute atomic E-state index is 0.00713. The Balaban J connectivity index is 3.54. The lowest BCUT2D eigenvalue weighted by molar-refractivity contribution is -0.376. The maximum absolute atomic E-state index is 12.7. The van der Waals surface area contributed by atoms with Gasteiger partial charge in [0.25, 0.3) is 5.60 Å². The van der Waals surface area contributed by atoms with E-state index in [0.29, 0.717) is 24.8 Å². The number of benzene rings is 1. The predicted molar refractivity (Wildman–Crippen MR) is 61.8 cm³/mol. The number of alkyl halides is 6. The molecule has 0 heterocycles. The predicted octanol–water partition coefficient (Wildman–Crippen LogP) is 3.76. The highest BCUT2D eigenvalue weighted by Crippen LogP contribution is 2.50. The molecule has 118 valence electrons. The molecule has 0 amide bonds. The van der Waals surface area contributed by atoms with Crippen LogP contribution in [0.3, 0.4) is 0 Å². The summed E-state index contributed by atoms with van der Waals surface area (Å²) in [4.78, 5) is 10.7. The highest BCUT2D eigenvalue weighted by atomic mass is 19.4. The molecule has 1 aromatic carbocycles. The Labute approximate surface area is 116 Å². The first-order valence-electron chi connectivity index (χ1n) is 5.93. The van der Waals surface area contributed by atoms with E-state index in [-0.39, 0.29) is 17.5 Å². The quantitative estimate of drug-likeness (QED) is 0.678. The van der Waals surface area contributed by atoms with Crippen molar-refractivity contribution in [3.63, 3.8) is 0 Å². The first-order chi connectivity index (χ1) is 9.49. The van der Waals surface area contributed by atoms with Crippen LogP contribution in [0.2, 0.25) is 0 Å². The molecule has 1 N–H and O–H groups in total. The van der Waals surface area contributed by atoms with Gasteiger partial charge in [0.2, 0.25) is 0 Å². The SMILES string of the molecule is CCCc1cc(C(O)(C(F)(F)F)C(F)(F)F)ccc1C=O. The summed E-state index contributed by atoms with van der Waals surface area (Å²) in [7, 11) is 0. The van der Waals surface area contributed by atoms with Crippen LogP contribution in [0.25, 0.3) is 0 Å². The van der Waals surface area contributed by atoms with E-state index in [1.165, 1.54) is 0 Å². The summed E-state index contributed by atoms with van der Waals surface area (Å²) in [6.07, 6.45) is -11.0. The van der Waals surface area contributed by atoms with Gasteiger partial charge in [0.1, 0.15) is 6.29 Å². The van der Waals surface area contributed by atoms with Crippen molar-refractivity contribution in [1.29, 1.82) is 0 Å². The standard InChI is InChI=1S/C13H12F6O2/c1-2-3-8-6-10(5-4-9(8)7-20)11(21,12(14,15)16)13(17,18)19/h4-7,21H,2-3H2,1H3. The summed E-state index contributed by atoms with van der Waals surface area (Å²) in [5.41, 5.74) is -6.30. The van der Waals surface area contributed by atoms with Crippen LogP contribution < -0.4 is 0 Å². The second-order valence-corrected chi connectivity index (χ2v) is 4.49. The lowest BCUT2D eigenvalue weighted by Crippen LogP contribution is -2.54. The van der Waals surface area contributed by atoms with Gasteiger partial charge in [-0.3, -0.25) is 4.79 Å². The Kier molecular flexibility index (Phi) is 4.72. The maximum atomic E-state index is 12.7. The minimum atomic E-state index is -5.93. The zero-order valence-electron chi connectivity index (χ0n) is 10.8. The number of aliphatic hydroxyl groups is 1. The molecule has 0 saturated heterocycles. The van der Waals surface area contributed by atoms with Crippen molar-refractivity contribution in [3.05, 3.63) is 34.9 Å². The van der Waals surface area contributed by atoms with Crippen LogP contribution in [-0.2, 0) is 12.0 Å².